The Morgan fingerprint density at radius 3 is 1.90 bits per heavy atom. The summed E-state index contributed by atoms with van der Waals surface area (Å²) in [4.78, 5) is 2.44. The van der Waals surface area contributed by atoms with Crippen molar-refractivity contribution in [2.75, 3.05) is 19.7 Å². The molecule has 0 heterocycles. The second kappa shape index (κ2) is 9.32. The van der Waals surface area contributed by atoms with Crippen LogP contribution < -0.4 is 0 Å². The third-order valence-corrected chi connectivity index (χ3v) is 3.66. The lowest BCUT2D eigenvalue weighted by molar-refractivity contribution is 0.216. The molecule has 2 rings (SSSR count). The summed E-state index contributed by atoms with van der Waals surface area (Å²) in [5.74, 6) is 0. The Kier molecular flexibility index (Phi) is 6.99. The lowest BCUT2D eigenvalue weighted by Crippen LogP contribution is -2.26. The molecule has 0 bridgehead atoms. The van der Waals surface area contributed by atoms with Gasteiger partial charge in [-0.05, 0) is 36.9 Å². The average molecular weight is 283 g/mol. The maximum Gasteiger partial charge on any atom is 0.0443 e. The van der Waals surface area contributed by atoms with Gasteiger partial charge in [0.25, 0.3) is 0 Å². The van der Waals surface area contributed by atoms with Crippen molar-refractivity contribution in [1.82, 2.24) is 4.90 Å². The Hall–Kier alpha value is -1.64. The fourth-order valence-electron chi connectivity index (χ4n) is 2.56. The Morgan fingerprint density at radius 1 is 0.714 bits per heavy atom. The van der Waals surface area contributed by atoms with Crippen LogP contribution in [0.2, 0.25) is 0 Å². The predicted molar refractivity (Wildman–Crippen MR) is 88.2 cm³/mol. The summed E-state index contributed by atoms with van der Waals surface area (Å²) in [6.07, 6.45) is 3.12. The number of aryl methyl sites for hydroxylation is 1. The van der Waals surface area contributed by atoms with Crippen LogP contribution in [0.15, 0.2) is 60.7 Å². The fraction of sp³-hybridized carbons (Fsp3) is 0.368. The lowest BCUT2D eigenvalue weighted by Gasteiger charge is -2.22. The normalized spacial score (nSPS) is 11.0. The first-order chi connectivity index (χ1) is 10.4. The Morgan fingerprint density at radius 2 is 1.29 bits per heavy atom. The van der Waals surface area contributed by atoms with Gasteiger partial charge in [0.15, 0.2) is 0 Å². The summed E-state index contributed by atoms with van der Waals surface area (Å²) in [5.41, 5.74) is 2.74. The molecule has 0 amide bonds. The van der Waals surface area contributed by atoms with Crippen LogP contribution in [0.3, 0.4) is 0 Å². The van der Waals surface area contributed by atoms with Gasteiger partial charge in [-0.3, -0.25) is 4.90 Å². The zero-order valence-corrected chi connectivity index (χ0v) is 12.6. The predicted octanol–water partition coefficient (Wildman–Crippen LogP) is 3.50. The summed E-state index contributed by atoms with van der Waals surface area (Å²) >= 11 is 0. The zero-order chi connectivity index (χ0) is 14.8. The molecule has 0 fully saturated rings. The monoisotopic (exact) mass is 283 g/mol. The van der Waals surface area contributed by atoms with Crippen molar-refractivity contribution in [3.05, 3.63) is 71.8 Å². The van der Waals surface area contributed by atoms with Gasteiger partial charge in [-0.2, -0.15) is 0 Å². The van der Waals surface area contributed by atoms with E-state index in [-0.39, 0.29) is 6.61 Å². The molecule has 0 spiro atoms. The smallest absolute Gasteiger partial charge is 0.0443 e. The number of hydrogen-bond donors (Lipinski definition) is 1. The third-order valence-electron chi connectivity index (χ3n) is 3.66. The van der Waals surface area contributed by atoms with Gasteiger partial charge in [-0.15, -0.1) is 0 Å². The van der Waals surface area contributed by atoms with Crippen molar-refractivity contribution in [2.45, 2.75) is 25.8 Å². The minimum absolute atomic E-state index is 0.268. The van der Waals surface area contributed by atoms with Gasteiger partial charge in [0.2, 0.25) is 0 Å². The summed E-state index contributed by atoms with van der Waals surface area (Å²) < 4.78 is 0. The van der Waals surface area contributed by atoms with Crippen molar-refractivity contribution >= 4 is 0 Å². The molecular formula is C19H25NO. The van der Waals surface area contributed by atoms with E-state index in [0.717, 1.165) is 38.9 Å². The minimum Gasteiger partial charge on any atom is -0.396 e. The van der Waals surface area contributed by atoms with Crippen LogP contribution in [0.5, 0.6) is 0 Å². The maximum absolute atomic E-state index is 9.06. The van der Waals surface area contributed by atoms with Gasteiger partial charge in [-0.25, -0.2) is 0 Å². The zero-order valence-electron chi connectivity index (χ0n) is 12.6. The van der Waals surface area contributed by atoms with Crippen LogP contribution >= 0.6 is 0 Å². The molecule has 112 valence electrons. The summed E-state index contributed by atoms with van der Waals surface area (Å²) in [5, 5.41) is 9.06. The molecule has 0 saturated carbocycles. The molecule has 0 aliphatic heterocycles. The van der Waals surface area contributed by atoms with Crippen LogP contribution in [-0.4, -0.2) is 29.7 Å². The molecular weight excluding hydrogens is 258 g/mol. The molecule has 1 N–H and O–H groups in total. The van der Waals surface area contributed by atoms with Crippen LogP contribution in [0.25, 0.3) is 0 Å². The van der Waals surface area contributed by atoms with Gasteiger partial charge >= 0.3 is 0 Å². The largest absolute Gasteiger partial charge is 0.396 e. The van der Waals surface area contributed by atoms with Crippen molar-refractivity contribution in [2.24, 2.45) is 0 Å². The van der Waals surface area contributed by atoms with E-state index in [1.165, 1.54) is 11.1 Å². The molecule has 2 aromatic carbocycles. The molecule has 0 aliphatic carbocycles. The van der Waals surface area contributed by atoms with E-state index < -0.39 is 0 Å². The van der Waals surface area contributed by atoms with Crippen molar-refractivity contribution in [3.8, 4) is 0 Å². The number of hydrogen-bond acceptors (Lipinski definition) is 2. The second-order valence-corrected chi connectivity index (χ2v) is 5.43. The van der Waals surface area contributed by atoms with E-state index in [1.54, 1.807) is 0 Å². The Bertz CT molecular complexity index is 483. The molecule has 0 saturated heterocycles. The number of nitrogens with zero attached hydrogens (tertiary/aromatic N) is 1. The highest BCUT2D eigenvalue weighted by molar-refractivity contribution is 5.15. The van der Waals surface area contributed by atoms with E-state index >= 15 is 0 Å². The van der Waals surface area contributed by atoms with E-state index in [9.17, 15) is 0 Å². The molecule has 0 aromatic heterocycles. The number of rotatable bonds is 9. The first-order valence-electron chi connectivity index (χ1n) is 7.79. The van der Waals surface area contributed by atoms with E-state index in [1.807, 2.05) is 0 Å². The number of aliphatic hydroxyl groups excluding tert-OH is 1. The first kappa shape index (κ1) is 15.7. The number of benzene rings is 2. The topological polar surface area (TPSA) is 23.5 Å². The molecule has 0 aliphatic rings. The van der Waals surface area contributed by atoms with Crippen LogP contribution in [-0.2, 0) is 13.0 Å². The van der Waals surface area contributed by atoms with Crippen molar-refractivity contribution < 1.29 is 5.11 Å². The highest BCUT2D eigenvalue weighted by Gasteiger charge is 2.05. The molecule has 2 nitrogen and oxygen atoms in total. The van der Waals surface area contributed by atoms with Gasteiger partial charge in [0.05, 0.1) is 0 Å². The van der Waals surface area contributed by atoms with Crippen LogP contribution in [0.4, 0.5) is 0 Å². The van der Waals surface area contributed by atoms with E-state index in [4.69, 9.17) is 5.11 Å². The summed E-state index contributed by atoms with van der Waals surface area (Å²) in [6.45, 7) is 3.27. The highest BCUT2D eigenvalue weighted by Crippen LogP contribution is 2.08. The third kappa shape index (κ3) is 6.11. The second-order valence-electron chi connectivity index (χ2n) is 5.43. The Labute approximate surface area is 128 Å². The van der Waals surface area contributed by atoms with Gasteiger partial charge < -0.3 is 5.11 Å². The van der Waals surface area contributed by atoms with Gasteiger partial charge in [0, 0.05) is 19.7 Å². The van der Waals surface area contributed by atoms with E-state index in [0.29, 0.717) is 0 Å². The molecule has 0 atom stereocenters. The summed E-state index contributed by atoms with van der Waals surface area (Å²) in [6, 6.07) is 21.2. The van der Waals surface area contributed by atoms with Crippen LogP contribution in [0.1, 0.15) is 24.0 Å². The minimum atomic E-state index is 0.268. The molecule has 0 unspecified atom stereocenters. The SMILES string of the molecule is OCCCN(CCCc1ccccc1)Cc1ccccc1. The lowest BCUT2D eigenvalue weighted by atomic mass is 10.1. The van der Waals surface area contributed by atoms with Gasteiger partial charge in [-0.1, -0.05) is 60.7 Å². The highest BCUT2D eigenvalue weighted by atomic mass is 16.3. The molecule has 21 heavy (non-hydrogen) atoms. The van der Waals surface area contributed by atoms with Gasteiger partial charge in [0.1, 0.15) is 0 Å². The standard InChI is InChI=1S/C19H25NO/c21-16-8-15-20(17-19-11-5-2-6-12-19)14-7-13-18-9-3-1-4-10-18/h1-6,9-12,21H,7-8,13-17H2. The average Bonchev–Trinajstić information content (AvgIpc) is 2.54. The van der Waals surface area contributed by atoms with Crippen molar-refractivity contribution in [3.63, 3.8) is 0 Å². The molecule has 0 radical (unpaired) electrons. The van der Waals surface area contributed by atoms with Crippen molar-refractivity contribution in [1.29, 1.82) is 0 Å². The number of aliphatic hydroxyl groups is 1. The quantitative estimate of drug-likeness (QED) is 0.761. The van der Waals surface area contributed by atoms with E-state index in [2.05, 4.69) is 65.6 Å². The first-order valence-corrected chi connectivity index (χ1v) is 7.79. The van der Waals surface area contributed by atoms with Crippen LogP contribution in [0, 0.1) is 0 Å². The summed E-state index contributed by atoms with van der Waals surface area (Å²) in [7, 11) is 0. The fourth-order valence-corrected chi connectivity index (χ4v) is 2.56. The molecule has 2 aromatic rings. The Balaban J connectivity index is 1.81. The maximum atomic E-state index is 9.06. The molecule has 2 heteroatoms.